The Labute approximate surface area is 150 Å². The van der Waals surface area contributed by atoms with Crippen LogP contribution in [0.4, 0.5) is 4.79 Å². The largest absolute Gasteiger partial charge is 0.444 e. The van der Waals surface area contributed by atoms with Crippen molar-refractivity contribution in [2.45, 2.75) is 84.5 Å². The quantitative estimate of drug-likeness (QED) is 0.546. The molecule has 1 aliphatic rings. The van der Waals surface area contributed by atoms with Crippen molar-refractivity contribution in [3.63, 3.8) is 0 Å². The number of carbonyl (C=O) groups excluding carboxylic acids is 1. The van der Waals surface area contributed by atoms with Crippen LogP contribution in [0.3, 0.4) is 0 Å². The summed E-state index contributed by atoms with van der Waals surface area (Å²) in [6.07, 6.45) is 4.87. The van der Waals surface area contributed by atoms with Crippen LogP contribution in [-0.2, 0) is 9.47 Å². The molecule has 0 saturated heterocycles. The lowest BCUT2D eigenvalue weighted by Gasteiger charge is -2.41. The van der Waals surface area contributed by atoms with E-state index in [1.54, 1.807) is 4.90 Å². The lowest BCUT2D eigenvalue weighted by atomic mass is 9.80. The van der Waals surface area contributed by atoms with E-state index >= 15 is 0 Å². The molecule has 0 spiro atoms. The van der Waals surface area contributed by atoms with E-state index in [4.69, 9.17) is 9.47 Å². The fourth-order valence-electron chi connectivity index (χ4n) is 2.84. The molecule has 4 nitrogen and oxygen atoms in total. The molecular weight excluding hydrogens is 358 g/mol. The molecule has 0 aliphatic heterocycles. The average Bonchev–Trinajstić information content (AvgIpc) is 2.40. The molecule has 2 unspecified atom stereocenters. The van der Waals surface area contributed by atoms with E-state index in [1.165, 1.54) is 19.3 Å². The first-order valence-corrected chi connectivity index (χ1v) is 9.98. The molecule has 136 valence electrons. The van der Waals surface area contributed by atoms with E-state index in [-0.39, 0.29) is 12.2 Å². The summed E-state index contributed by atoms with van der Waals surface area (Å²) < 4.78 is 12.0. The molecule has 0 N–H and O–H groups in total. The normalized spacial score (nSPS) is 19.6. The third-order valence-electron chi connectivity index (χ3n) is 4.36. The Balaban J connectivity index is 2.71. The van der Waals surface area contributed by atoms with Crippen LogP contribution in [0.5, 0.6) is 0 Å². The second-order valence-corrected chi connectivity index (χ2v) is 8.39. The maximum atomic E-state index is 12.4. The number of alkyl halides is 1. The van der Waals surface area contributed by atoms with Gasteiger partial charge in [-0.05, 0) is 59.8 Å². The van der Waals surface area contributed by atoms with Crippen LogP contribution in [0, 0.1) is 5.92 Å². The fraction of sp³-hybridized carbons (Fsp3) is 0.944. The highest BCUT2D eigenvalue weighted by Crippen LogP contribution is 2.35. The second-order valence-electron chi connectivity index (χ2n) is 7.83. The highest BCUT2D eigenvalue weighted by Gasteiger charge is 2.36. The van der Waals surface area contributed by atoms with Crippen molar-refractivity contribution in [1.29, 1.82) is 0 Å². The Morgan fingerprint density at radius 3 is 2.22 bits per heavy atom. The van der Waals surface area contributed by atoms with Crippen LogP contribution < -0.4 is 0 Å². The van der Waals surface area contributed by atoms with Gasteiger partial charge in [0, 0.05) is 11.9 Å². The molecule has 0 aromatic heterocycles. The van der Waals surface area contributed by atoms with Crippen LogP contribution in [0.25, 0.3) is 0 Å². The van der Waals surface area contributed by atoms with Crippen LogP contribution >= 0.6 is 15.9 Å². The number of rotatable bonds is 8. The number of hydrogen-bond donors (Lipinski definition) is 0. The number of nitrogens with zero attached hydrogens (tertiary/aromatic N) is 1. The van der Waals surface area contributed by atoms with Gasteiger partial charge in [0.2, 0.25) is 0 Å². The third kappa shape index (κ3) is 6.61. The third-order valence-corrected chi connectivity index (χ3v) is 5.54. The lowest BCUT2D eigenvalue weighted by Crippen LogP contribution is -2.50. The van der Waals surface area contributed by atoms with Gasteiger partial charge in [0.25, 0.3) is 0 Å². The van der Waals surface area contributed by atoms with Crippen molar-refractivity contribution in [3.05, 3.63) is 0 Å². The van der Waals surface area contributed by atoms with Gasteiger partial charge in [-0.1, -0.05) is 29.3 Å². The van der Waals surface area contributed by atoms with Gasteiger partial charge >= 0.3 is 6.09 Å². The monoisotopic (exact) mass is 391 g/mol. The summed E-state index contributed by atoms with van der Waals surface area (Å²) in [7, 11) is 0. The van der Waals surface area contributed by atoms with Crippen LogP contribution in [0.2, 0.25) is 0 Å². The van der Waals surface area contributed by atoms with Gasteiger partial charge < -0.3 is 14.4 Å². The van der Waals surface area contributed by atoms with Gasteiger partial charge in [0.05, 0.1) is 18.2 Å². The van der Waals surface area contributed by atoms with Gasteiger partial charge in [-0.3, -0.25) is 0 Å². The first-order valence-electron chi connectivity index (χ1n) is 8.85. The van der Waals surface area contributed by atoms with Crippen molar-refractivity contribution in [2.75, 3.05) is 18.4 Å². The smallest absolute Gasteiger partial charge is 0.410 e. The summed E-state index contributed by atoms with van der Waals surface area (Å²) in [4.78, 5) is 14.1. The molecular formula is C18H34BrNO3. The minimum atomic E-state index is -0.478. The topological polar surface area (TPSA) is 38.8 Å². The summed E-state index contributed by atoms with van der Waals surface area (Å²) in [6, 6.07) is 0. The van der Waals surface area contributed by atoms with E-state index in [1.807, 2.05) is 27.7 Å². The van der Waals surface area contributed by atoms with E-state index in [9.17, 15) is 4.79 Å². The maximum Gasteiger partial charge on any atom is 0.410 e. The second kappa shape index (κ2) is 8.70. The van der Waals surface area contributed by atoms with E-state index in [2.05, 4.69) is 29.8 Å². The molecule has 23 heavy (non-hydrogen) atoms. The summed E-state index contributed by atoms with van der Waals surface area (Å²) in [6.45, 7) is 13.1. The minimum Gasteiger partial charge on any atom is -0.444 e. The first kappa shape index (κ1) is 20.8. The maximum absolute atomic E-state index is 12.4. The number of halogens is 1. The zero-order chi connectivity index (χ0) is 17.7. The number of likely N-dealkylation sites (N-methyl/N-ethyl adjacent to an activating group) is 1. The molecule has 0 aromatic carbocycles. The van der Waals surface area contributed by atoms with Gasteiger partial charge in [0.15, 0.2) is 0 Å². The van der Waals surface area contributed by atoms with E-state index in [0.717, 1.165) is 6.42 Å². The molecule has 5 heteroatoms. The average molecular weight is 392 g/mol. The number of carbonyl (C=O) groups is 1. The minimum absolute atomic E-state index is 0.271. The standard InChI is InChI=1S/C18H34BrNO3/c1-7-15(14-10-9-11-14)22-18(6,12-19)13-20(8-2)16(21)23-17(3,4)5/h14-15H,7-13H2,1-6H3. The number of hydrogen-bond acceptors (Lipinski definition) is 3. The molecule has 1 aliphatic carbocycles. The molecule has 1 fully saturated rings. The highest BCUT2D eigenvalue weighted by atomic mass is 79.9. The summed E-state index contributed by atoms with van der Waals surface area (Å²) in [5, 5.41) is 0.697. The Hall–Kier alpha value is -0.290. The van der Waals surface area contributed by atoms with Gasteiger partial charge in [-0.25, -0.2) is 4.79 Å². The fourth-order valence-corrected chi connectivity index (χ4v) is 3.15. The van der Waals surface area contributed by atoms with Crippen molar-refractivity contribution in [3.8, 4) is 0 Å². The van der Waals surface area contributed by atoms with Gasteiger partial charge in [0.1, 0.15) is 5.60 Å². The summed E-state index contributed by atoms with van der Waals surface area (Å²) >= 11 is 3.58. The van der Waals surface area contributed by atoms with Crippen molar-refractivity contribution >= 4 is 22.0 Å². The van der Waals surface area contributed by atoms with Gasteiger partial charge in [-0.15, -0.1) is 0 Å². The zero-order valence-corrected chi connectivity index (χ0v) is 17.2. The van der Waals surface area contributed by atoms with Crippen molar-refractivity contribution in [2.24, 2.45) is 5.92 Å². The van der Waals surface area contributed by atoms with Crippen LogP contribution in [-0.4, -0.2) is 46.7 Å². The Morgan fingerprint density at radius 2 is 1.87 bits per heavy atom. The lowest BCUT2D eigenvalue weighted by molar-refractivity contribution is -0.117. The summed E-state index contributed by atoms with van der Waals surface area (Å²) in [5.41, 5.74) is -0.878. The van der Waals surface area contributed by atoms with Crippen LogP contribution in [0.15, 0.2) is 0 Å². The Kier molecular flexibility index (Phi) is 7.85. The van der Waals surface area contributed by atoms with Crippen molar-refractivity contribution in [1.82, 2.24) is 4.90 Å². The highest BCUT2D eigenvalue weighted by molar-refractivity contribution is 9.09. The molecule has 1 rings (SSSR count). The molecule has 2 atom stereocenters. The zero-order valence-electron chi connectivity index (χ0n) is 15.7. The predicted molar refractivity (Wildman–Crippen MR) is 98.2 cm³/mol. The molecule has 0 aromatic rings. The molecule has 1 saturated carbocycles. The van der Waals surface area contributed by atoms with E-state index < -0.39 is 11.2 Å². The Morgan fingerprint density at radius 1 is 1.26 bits per heavy atom. The Bertz CT molecular complexity index is 379. The number of ether oxygens (including phenoxy) is 2. The SMILES string of the molecule is CCC(OC(C)(CBr)CN(CC)C(=O)OC(C)(C)C)C1CCC1. The predicted octanol–water partition coefficient (Wildman–Crippen LogP) is 4.99. The number of amides is 1. The molecule has 0 bridgehead atoms. The van der Waals surface area contributed by atoms with Crippen LogP contribution in [0.1, 0.15) is 67.2 Å². The molecule has 0 radical (unpaired) electrons. The van der Waals surface area contributed by atoms with Gasteiger partial charge in [-0.2, -0.15) is 0 Å². The van der Waals surface area contributed by atoms with E-state index in [0.29, 0.717) is 24.3 Å². The first-order chi connectivity index (χ1) is 10.6. The van der Waals surface area contributed by atoms with Crippen molar-refractivity contribution < 1.29 is 14.3 Å². The molecule has 1 amide bonds. The summed E-state index contributed by atoms with van der Waals surface area (Å²) in [5.74, 6) is 0.676. The molecule has 0 heterocycles.